The van der Waals surface area contributed by atoms with Gasteiger partial charge in [-0.05, 0) is 44.1 Å². The fourth-order valence-corrected chi connectivity index (χ4v) is 1.25. The van der Waals surface area contributed by atoms with Crippen LogP contribution in [0.1, 0.15) is 5.76 Å². The molecular weight excluding hydrogens is 322 g/mol. The maximum Gasteiger partial charge on any atom is 0.184 e. The topological polar surface area (TPSA) is 63.5 Å². The monoisotopic (exact) mass is 325 g/mol. The first-order chi connectivity index (χ1) is 6.09. The van der Waals surface area contributed by atoms with Crippen LogP contribution in [0.3, 0.4) is 0 Å². The SMILES string of the molecule is NC(=S)N/N=C/c1cc(Br)c(Br)o1. The molecule has 1 aromatic rings. The van der Waals surface area contributed by atoms with Crippen molar-refractivity contribution in [1.82, 2.24) is 5.43 Å². The number of hydrazone groups is 1. The molecule has 0 spiro atoms. The number of furan rings is 1. The normalized spacial score (nSPS) is 10.6. The van der Waals surface area contributed by atoms with Crippen LogP contribution in [-0.4, -0.2) is 11.3 Å². The molecule has 1 aromatic heterocycles. The van der Waals surface area contributed by atoms with E-state index in [2.05, 4.69) is 54.6 Å². The number of halogens is 2. The minimum Gasteiger partial charge on any atom is -0.447 e. The molecule has 0 aliphatic carbocycles. The maximum absolute atomic E-state index is 5.19. The van der Waals surface area contributed by atoms with Crippen LogP contribution < -0.4 is 11.2 Å². The number of nitrogens with two attached hydrogens (primary N) is 1. The van der Waals surface area contributed by atoms with Crippen molar-refractivity contribution in [3.05, 3.63) is 21.0 Å². The summed E-state index contributed by atoms with van der Waals surface area (Å²) < 4.78 is 6.63. The molecule has 0 saturated heterocycles. The van der Waals surface area contributed by atoms with Gasteiger partial charge < -0.3 is 10.2 Å². The lowest BCUT2D eigenvalue weighted by molar-refractivity contribution is 0.532. The second-order valence-corrected chi connectivity index (χ2v) is 4.02. The summed E-state index contributed by atoms with van der Waals surface area (Å²) in [5.41, 5.74) is 7.56. The summed E-state index contributed by atoms with van der Waals surface area (Å²) >= 11 is 11.0. The van der Waals surface area contributed by atoms with Gasteiger partial charge in [0.25, 0.3) is 0 Å². The van der Waals surface area contributed by atoms with Gasteiger partial charge in [0, 0.05) is 6.07 Å². The Labute approximate surface area is 96.8 Å². The van der Waals surface area contributed by atoms with E-state index < -0.39 is 0 Å². The summed E-state index contributed by atoms with van der Waals surface area (Å²) in [5, 5.41) is 3.83. The highest BCUT2D eigenvalue weighted by atomic mass is 79.9. The van der Waals surface area contributed by atoms with Gasteiger partial charge in [-0.1, -0.05) is 0 Å². The number of thiocarbonyl (C=S) groups is 1. The first-order valence-electron chi connectivity index (χ1n) is 3.13. The standard InChI is InChI=1S/C6H5Br2N3OS/c7-4-1-3(12-5(4)8)2-10-11-6(9)13/h1-2H,(H3,9,11,13)/b10-2+. The second kappa shape index (κ2) is 4.73. The quantitative estimate of drug-likeness (QED) is 0.495. The zero-order valence-electron chi connectivity index (χ0n) is 6.25. The molecule has 4 nitrogen and oxygen atoms in total. The molecule has 0 aliphatic heterocycles. The molecule has 13 heavy (non-hydrogen) atoms. The summed E-state index contributed by atoms with van der Waals surface area (Å²) in [4.78, 5) is 0. The van der Waals surface area contributed by atoms with Crippen LogP contribution in [0.25, 0.3) is 0 Å². The van der Waals surface area contributed by atoms with Crippen LogP contribution in [-0.2, 0) is 0 Å². The van der Waals surface area contributed by atoms with E-state index >= 15 is 0 Å². The van der Waals surface area contributed by atoms with Crippen LogP contribution in [0, 0.1) is 0 Å². The van der Waals surface area contributed by atoms with Gasteiger partial charge >= 0.3 is 0 Å². The summed E-state index contributed by atoms with van der Waals surface area (Å²) in [6.07, 6.45) is 1.47. The molecule has 0 atom stereocenters. The summed E-state index contributed by atoms with van der Waals surface area (Å²) in [7, 11) is 0. The Balaban J connectivity index is 2.64. The predicted molar refractivity (Wildman–Crippen MR) is 61.6 cm³/mol. The van der Waals surface area contributed by atoms with E-state index in [9.17, 15) is 0 Å². The van der Waals surface area contributed by atoms with Crippen molar-refractivity contribution in [1.29, 1.82) is 0 Å². The van der Waals surface area contributed by atoms with Crippen LogP contribution in [0.15, 0.2) is 24.7 Å². The van der Waals surface area contributed by atoms with Gasteiger partial charge in [0.15, 0.2) is 9.78 Å². The van der Waals surface area contributed by atoms with Gasteiger partial charge in [-0.15, -0.1) is 0 Å². The van der Waals surface area contributed by atoms with Crippen LogP contribution in [0.4, 0.5) is 0 Å². The van der Waals surface area contributed by atoms with Crippen molar-refractivity contribution in [2.75, 3.05) is 0 Å². The van der Waals surface area contributed by atoms with Gasteiger partial charge in [-0.2, -0.15) is 5.10 Å². The van der Waals surface area contributed by atoms with E-state index in [1.54, 1.807) is 6.07 Å². The highest BCUT2D eigenvalue weighted by molar-refractivity contribution is 9.13. The zero-order chi connectivity index (χ0) is 9.84. The number of nitrogens with zero attached hydrogens (tertiary/aromatic N) is 1. The minimum atomic E-state index is 0.112. The van der Waals surface area contributed by atoms with Gasteiger partial charge in [-0.25, -0.2) is 0 Å². The van der Waals surface area contributed by atoms with Crippen molar-refractivity contribution < 1.29 is 4.42 Å². The van der Waals surface area contributed by atoms with Crippen LogP contribution in [0.5, 0.6) is 0 Å². The maximum atomic E-state index is 5.19. The second-order valence-electron chi connectivity index (χ2n) is 2.00. The molecule has 3 N–H and O–H groups in total. The number of rotatable bonds is 2. The molecule has 7 heteroatoms. The lowest BCUT2D eigenvalue weighted by Gasteiger charge is -1.91. The van der Waals surface area contributed by atoms with Crippen molar-refractivity contribution >= 4 is 55.4 Å². The average molecular weight is 327 g/mol. The summed E-state index contributed by atoms with van der Waals surface area (Å²) in [6, 6.07) is 1.76. The van der Waals surface area contributed by atoms with Gasteiger partial charge in [0.1, 0.15) is 5.76 Å². The Morgan fingerprint density at radius 1 is 1.69 bits per heavy atom. The molecule has 1 rings (SSSR count). The third kappa shape index (κ3) is 3.45. The minimum absolute atomic E-state index is 0.112. The molecule has 0 amide bonds. The molecule has 0 bridgehead atoms. The summed E-state index contributed by atoms with van der Waals surface area (Å²) in [6.45, 7) is 0. The molecular formula is C6H5Br2N3OS. The van der Waals surface area contributed by atoms with E-state index in [4.69, 9.17) is 10.2 Å². The third-order valence-corrected chi connectivity index (χ3v) is 2.83. The summed E-state index contributed by atoms with van der Waals surface area (Å²) in [5.74, 6) is 0.586. The zero-order valence-corrected chi connectivity index (χ0v) is 10.2. The van der Waals surface area contributed by atoms with Gasteiger partial charge in [-0.3, -0.25) is 5.43 Å². The van der Waals surface area contributed by atoms with E-state index in [0.29, 0.717) is 10.4 Å². The highest BCUT2D eigenvalue weighted by Gasteiger charge is 2.02. The van der Waals surface area contributed by atoms with E-state index in [1.807, 2.05) is 0 Å². The highest BCUT2D eigenvalue weighted by Crippen LogP contribution is 2.25. The van der Waals surface area contributed by atoms with Gasteiger partial charge in [0.05, 0.1) is 10.7 Å². The molecule has 0 radical (unpaired) electrons. The molecule has 0 aromatic carbocycles. The molecule has 0 aliphatic rings. The average Bonchev–Trinajstić information content (AvgIpc) is 2.30. The Morgan fingerprint density at radius 3 is 2.85 bits per heavy atom. The van der Waals surface area contributed by atoms with Crippen LogP contribution in [0.2, 0.25) is 0 Å². The Bertz CT molecular complexity index is 330. The largest absolute Gasteiger partial charge is 0.447 e. The van der Waals surface area contributed by atoms with Crippen molar-refractivity contribution in [3.8, 4) is 0 Å². The van der Waals surface area contributed by atoms with E-state index in [1.165, 1.54) is 6.21 Å². The molecule has 70 valence electrons. The third-order valence-electron chi connectivity index (χ3n) is 1.03. The van der Waals surface area contributed by atoms with Crippen molar-refractivity contribution in [3.63, 3.8) is 0 Å². The molecule has 1 heterocycles. The number of hydrogen-bond donors (Lipinski definition) is 2. The smallest absolute Gasteiger partial charge is 0.184 e. The molecule has 0 fully saturated rings. The Hall–Kier alpha value is -0.400. The lowest BCUT2D eigenvalue weighted by atomic mass is 10.5. The number of hydrogen-bond acceptors (Lipinski definition) is 3. The fraction of sp³-hybridized carbons (Fsp3) is 0. The lowest BCUT2D eigenvalue weighted by Crippen LogP contribution is -2.23. The molecule has 0 unspecified atom stereocenters. The van der Waals surface area contributed by atoms with Crippen LogP contribution >= 0.6 is 44.1 Å². The Kier molecular flexibility index (Phi) is 3.89. The van der Waals surface area contributed by atoms with Crippen molar-refractivity contribution in [2.45, 2.75) is 0 Å². The number of nitrogens with one attached hydrogen (secondary N) is 1. The van der Waals surface area contributed by atoms with E-state index in [0.717, 1.165) is 4.47 Å². The van der Waals surface area contributed by atoms with Gasteiger partial charge in [0.2, 0.25) is 0 Å². The Morgan fingerprint density at radius 2 is 2.38 bits per heavy atom. The fourth-order valence-electron chi connectivity index (χ4n) is 0.586. The first kappa shape index (κ1) is 10.7. The molecule has 0 saturated carbocycles. The van der Waals surface area contributed by atoms with Crippen molar-refractivity contribution in [2.24, 2.45) is 10.8 Å². The first-order valence-corrected chi connectivity index (χ1v) is 5.12. The predicted octanol–water partition coefficient (Wildman–Crippen LogP) is 1.97. The van der Waals surface area contributed by atoms with E-state index in [-0.39, 0.29) is 5.11 Å².